The van der Waals surface area contributed by atoms with Crippen LogP contribution in [-0.4, -0.2) is 34.1 Å². The van der Waals surface area contributed by atoms with E-state index in [9.17, 15) is 9.00 Å². The third-order valence-electron chi connectivity index (χ3n) is 6.77. The van der Waals surface area contributed by atoms with Crippen LogP contribution in [0.25, 0.3) is 11.1 Å². The van der Waals surface area contributed by atoms with E-state index >= 15 is 0 Å². The van der Waals surface area contributed by atoms with E-state index in [0.717, 1.165) is 25.9 Å². The minimum atomic E-state index is -1.26. The number of benzene rings is 3. The maximum absolute atomic E-state index is 13.2. The Bertz CT molecular complexity index is 1210. The molecule has 3 aromatic rings. The molecule has 1 saturated heterocycles. The number of amides is 1. The van der Waals surface area contributed by atoms with Crippen LogP contribution in [0.4, 0.5) is 5.69 Å². The first-order valence-corrected chi connectivity index (χ1v) is 12.5. The van der Waals surface area contributed by atoms with Crippen LogP contribution in [0.1, 0.15) is 35.4 Å². The van der Waals surface area contributed by atoms with Gasteiger partial charge in [-0.15, -0.1) is 0 Å². The van der Waals surface area contributed by atoms with Crippen LogP contribution >= 0.6 is 0 Å². The van der Waals surface area contributed by atoms with E-state index in [0.29, 0.717) is 22.3 Å². The number of ether oxygens (including phenoxy) is 1. The average molecular weight is 461 g/mol. The van der Waals surface area contributed by atoms with Crippen LogP contribution in [0.15, 0.2) is 65.6 Å². The molecule has 2 heterocycles. The van der Waals surface area contributed by atoms with Crippen LogP contribution in [0.5, 0.6) is 5.75 Å². The van der Waals surface area contributed by atoms with Crippen molar-refractivity contribution >= 4 is 22.6 Å². The van der Waals surface area contributed by atoms with Gasteiger partial charge in [-0.1, -0.05) is 42.5 Å². The molecule has 5 nitrogen and oxygen atoms in total. The summed E-state index contributed by atoms with van der Waals surface area (Å²) in [6.45, 7) is 5.90. The van der Waals surface area contributed by atoms with E-state index in [1.165, 1.54) is 27.8 Å². The number of anilines is 1. The van der Waals surface area contributed by atoms with Crippen molar-refractivity contribution in [3.05, 3.63) is 77.4 Å². The summed E-state index contributed by atoms with van der Waals surface area (Å²) < 4.78 is 20.6. The molecule has 1 atom stereocenters. The molecule has 170 valence electrons. The molecule has 33 heavy (non-hydrogen) atoms. The van der Waals surface area contributed by atoms with E-state index in [2.05, 4.69) is 61.6 Å². The summed E-state index contributed by atoms with van der Waals surface area (Å²) in [4.78, 5) is 12.3. The van der Waals surface area contributed by atoms with E-state index in [1.807, 2.05) is 10.4 Å². The predicted octanol–water partition coefficient (Wildman–Crippen LogP) is 5.20. The van der Waals surface area contributed by atoms with Crippen molar-refractivity contribution in [2.75, 3.05) is 25.0 Å². The molecule has 1 N–H and O–H groups in total. The molecule has 1 unspecified atom stereocenters. The zero-order valence-electron chi connectivity index (χ0n) is 19.0. The number of carbonyl (C=O) groups is 1. The number of hydrogen-bond acceptors (Lipinski definition) is 3. The molecule has 0 saturated carbocycles. The summed E-state index contributed by atoms with van der Waals surface area (Å²) in [5.74, 6) is 0.912. The van der Waals surface area contributed by atoms with Gasteiger partial charge in [-0.05, 0) is 78.6 Å². The Kier molecular flexibility index (Phi) is 6.04. The van der Waals surface area contributed by atoms with Crippen molar-refractivity contribution in [2.24, 2.45) is 0 Å². The minimum absolute atomic E-state index is 0.0223. The van der Waals surface area contributed by atoms with E-state index in [4.69, 9.17) is 4.74 Å². The van der Waals surface area contributed by atoms with Gasteiger partial charge in [0.05, 0.1) is 10.6 Å². The van der Waals surface area contributed by atoms with E-state index in [-0.39, 0.29) is 12.5 Å². The number of carbonyl (C=O) groups excluding carboxylic acids is 1. The fraction of sp³-hybridized carbons (Fsp3) is 0.296. The topological polar surface area (TPSA) is 58.6 Å². The first-order valence-electron chi connectivity index (χ1n) is 11.4. The lowest BCUT2D eigenvalue weighted by Gasteiger charge is -2.31. The van der Waals surface area contributed by atoms with Gasteiger partial charge < -0.3 is 10.1 Å². The third kappa shape index (κ3) is 4.45. The molecule has 0 bridgehead atoms. The molecular formula is C27H28N2O3S. The van der Waals surface area contributed by atoms with Crippen LogP contribution in [-0.2, 0) is 15.8 Å². The molecule has 2 aliphatic rings. The Balaban J connectivity index is 1.24. The predicted molar refractivity (Wildman–Crippen MR) is 132 cm³/mol. The first-order chi connectivity index (χ1) is 16.0. The maximum atomic E-state index is 13.2. The standard InChI is InChI=1S/C27H28N2O3S/c1-18-4-3-5-24(19(18)2)22-8-6-20(7-9-22)21-12-14-29(15-13-21)33(31)23-10-11-26-25(16-23)28-27(30)17-32-26/h3-11,16,21H,12-15,17H2,1-2H3,(H,28,30). The summed E-state index contributed by atoms with van der Waals surface area (Å²) in [7, 11) is -1.26. The van der Waals surface area contributed by atoms with Crippen molar-refractivity contribution in [1.29, 1.82) is 0 Å². The molecule has 5 rings (SSSR count). The molecule has 6 heteroatoms. The first kappa shape index (κ1) is 21.9. The van der Waals surface area contributed by atoms with Crippen molar-refractivity contribution in [1.82, 2.24) is 4.31 Å². The zero-order valence-corrected chi connectivity index (χ0v) is 19.8. The number of nitrogens with zero attached hydrogens (tertiary/aromatic N) is 1. The normalized spacial score (nSPS) is 17.7. The number of nitrogens with one attached hydrogen (secondary N) is 1. The van der Waals surface area contributed by atoms with Gasteiger partial charge in [-0.3, -0.25) is 4.79 Å². The van der Waals surface area contributed by atoms with Gasteiger partial charge in [-0.25, -0.2) is 8.51 Å². The highest BCUT2D eigenvalue weighted by molar-refractivity contribution is 7.82. The molecular weight excluding hydrogens is 432 g/mol. The fourth-order valence-corrected chi connectivity index (χ4v) is 5.92. The van der Waals surface area contributed by atoms with Gasteiger partial charge in [-0.2, -0.15) is 0 Å². The van der Waals surface area contributed by atoms with Gasteiger partial charge in [0.25, 0.3) is 5.91 Å². The number of fused-ring (bicyclic) bond motifs is 1. The van der Waals surface area contributed by atoms with E-state index < -0.39 is 11.0 Å². The summed E-state index contributed by atoms with van der Waals surface area (Å²) >= 11 is 0. The Hall–Kier alpha value is -2.96. The van der Waals surface area contributed by atoms with Crippen molar-refractivity contribution in [3.8, 4) is 16.9 Å². The lowest BCUT2D eigenvalue weighted by Crippen LogP contribution is -2.34. The summed E-state index contributed by atoms with van der Waals surface area (Å²) in [6.07, 6.45) is 1.94. The van der Waals surface area contributed by atoms with Crippen LogP contribution in [0, 0.1) is 13.8 Å². The average Bonchev–Trinajstić information content (AvgIpc) is 2.85. The molecule has 0 spiro atoms. The van der Waals surface area contributed by atoms with Crippen LogP contribution < -0.4 is 10.1 Å². The van der Waals surface area contributed by atoms with Gasteiger partial charge in [0, 0.05) is 13.1 Å². The SMILES string of the molecule is Cc1cccc(-c2ccc(C3CCN(S(=O)c4ccc5c(c4)NC(=O)CO5)CC3)cc2)c1C. The summed E-state index contributed by atoms with van der Waals surface area (Å²) in [5, 5.41) is 2.79. The number of hydrogen-bond donors (Lipinski definition) is 1. The Labute approximate surface area is 197 Å². The second-order valence-corrected chi connectivity index (χ2v) is 10.3. The molecule has 0 radical (unpaired) electrons. The quantitative estimate of drug-likeness (QED) is 0.582. The van der Waals surface area contributed by atoms with Crippen molar-refractivity contribution < 1.29 is 13.7 Å². The number of rotatable bonds is 4. The van der Waals surface area contributed by atoms with Gasteiger partial charge in [0.15, 0.2) is 6.61 Å². The van der Waals surface area contributed by atoms with Gasteiger partial charge in [0.2, 0.25) is 0 Å². The fourth-order valence-electron chi connectivity index (χ4n) is 4.67. The minimum Gasteiger partial charge on any atom is -0.482 e. The zero-order chi connectivity index (χ0) is 22.9. The van der Waals surface area contributed by atoms with E-state index in [1.54, 1.807) is 12.1 Å². The van der Waals surface area contributed by atoms with Gasteiger partial charge >= 0.3 is 0 Å². The molecule has 3 aromatic carbocycles. The highest BCUT2D eigenvalue weighted by Crippen LogP contribution is 2.34. The molecule has 1 fully saturated rings. The highest BCUT2D eigenvalue weighted by atomic mass is 32.2. The molecule has 0 aliphatic carbocycles. The second kappa shape index (κ2) is 9.12. The highest BCUT2D eigenvalue weighted by Gasteiger charge is 2.26. The van der Waals surface area contributed by atoms with Crippen molar-refractivity contribution in [3.63, 3.8) is 0 Å². The maximum Gasteiger partial charge on any atom is 0.262 e. The van der Waals surface area contributed by atoms with Crippen molar-refractivity contribution in [2.45, 2.75) is 37.5 Å². The number of piperidine rings is 1. The Morgan fingerprint density at radius 3 is 2.52 bits per heavy atom. The van der Waals surface area contributed by atoms with Crippen LogP contribution in [0.2, 0.25) is 0 Å². The number of aryl methyl sites for hydroxylation is 1. The lowest BCUT2D eigenvalue weighted by atomic mass is 9.88. The third-order valence-corrected chi connectivity index (χ3v) is 8.26. The Morgan fingerprint density at radius 1 is 1.00 bits per heavy atom. The molecule has 0 aromatic heterocycles. The van der Waals surface area contributed by atoms with Gasteiger partial charge in [0.1, 0.15) is 16.7 Å². The summed E-state index contributed by atoms with van der Waals surface area (Å²) in [6, 6.07) is 20.8. The second-order valence-electron chi connectivity index (χ2n) is 8.82. The van der Waals surface area contributed by atoms with Crippen LogP contribution in [0.3, 0.4) is 0 Å². The smallest absolute Gasteiger partial charge is 0.262 e. The monoisotopic (exact) mass is 460 g/mol. The molecule has 1 amide bonds. The Morgan fingerprint density at radius 2 is 1.76 bits per heavy atom. The lowest BCUT2D eigenvalue weighted by molar-refractivity contribution is -0.118. The molecule has 2 aliphatic heterocycles. The largest absolute Gasteiger partial charge is 0.482 e. The summed E-state index contributed by atoms with van der Waals surface area (Å²) in [5.41, 5.74) is 7.12.